The Labute approximate surface area is 174 Å². The zero-order valence-corrected chi connectivity index (χ0v) is 17.8. The van der Waals surface area contributed by atoms with Gasteiger partial charge in [0.05, 0.1) is 6.54 Å². The first kappa shape index (κ1) is 21.3. The topological polar surface area (TPSA) is 74.7 Å². The Hall–Kier alpha value is -2.45. The van der Waals surface area contributed by atoms with Gasteiger partial charge in [0.2, 0.25) is 11.8 Å². The van der Waals surface area contributed by atoms with E-state index in [4.69, 9.17) is 0 Å². The quantitative estimate of drug-likeness (QED) is 0.749. The number of carbonyl (C=O) groups is 2. The Morgan fingerprint density at radius 1 is 1.14 bits per heavy atom. The molecule has 0 spiro atoms. The number of hydrogen-bond acceptors (Lipinski definition) is 5. The number of anilines is 1. The molecule has 0 atom stereocenters. The molecular weight excluding hydrogens is 388 g/mol. The molecule has 0 radical (unpaired) electrons. The summed E-state index contributed by atoms with van der Waals surface area (Å²) >= 11 is 1.16. The Bertz CT molecular complexity index is 913. The molecule has 1 N–H and O–H groups in total. The van der Waals surface area contributed by atoms with Crippen molar-refractivity contribution >= 4 is 28.8 Å². The van der Waals surface area contributed by atoms with Crippen LogP contribution in [0.4, 0.5) is 5.69 Å². The third-order valence-corrected chi connectivity index (χ3v) is 6.17. The second-order valence-electron chi connectivity index (χ2n) is 7.26. The lowest BCUT2D eigenvalue weighted by atomic mass is 10.1. The fourth-order valence-corrected chi connectivity index (χ4v) is 4.30. The summed E-state index contributed by atoms with van der Waals surface area (Å²) in [5.74, 6) is 0.0291. The SMILES string of the molecule is CCc1ccccc1NC(=O)CN1CCN(C(=O)CCn2c(C)csc2=O)CC1. The van der Waals surface area contributed by atoms with Crippen molar-refractivity contribution in [1.29, 1.82) is 0 Å². The fraction of sp³-hybridized carbons (Fsp3) is 0.476. The minimum absolute atomic E-state index is 0.0178. The monoisotopic (exact) mass is 416 g/mol. The molecule has 1 aromatic heterocycles. The van der Waals surface area contributed by atoms with Crippen LogP contribution in [0, 0.1) is 6.92 Å². The van der Waals surface area contributed by atoms with Gasteiger partial charge < -0.3 is 14.8 Å². The normalized spacial score (nSPS) is 14.8. The van der Waals surface area contributed by atoms with Gasteiger partial charge >= 0.3 is 4.87 Å². The summed E-state index contributed by atoms with van der Waals surface area (Å²) < 4.78 is 1.65. The Morgan fingerprint density at radius 2 is 1.86 bits per heavy atom. The second kappa shape index (κ2) is 9.84. The highest BCUT2D eigenvalue weighted by Crippen LogP contribution is 2.15. The number of nitrogens with zero attached hydrogens (tertiary/aromatic N) is 3. The second-order valence-corrected chi connectivity index (χ2v) is 8.08. The first-order chi connectivity index (χ1) is 14.0. The van der Waals surface area contributed by atoms with Crippen molar-refractivity contribution in [2.24, 2.45) is 0 Å². The van der Waals surface area contributed by atoms with E-state index in [1.54, 1.807) is 4.57 Å². The van der Waals surface area contributed by atoms with E-state index in [1.807, 2.05) is 41.5 Å². The summed E-state index contributed by atoms with van der Waals surface area (Å²) in [5, 5.41) is 4.81. The van der Waals surface area contributed by atoms with Crippen LogP contribution in [-0.2, 0) is 22.6 Å². The van der Waals surface area contributed by atoms with E-state index in [0.29, 0.717) is 45.7 Å². The molecule has 1 aliphatic heterocycles. The lowest BCUT2D eigenvalue weighted by molar-refractivity contribution is -0.133. The van der Waals surface area contributed by atoms with E-state index in [0.717, 1.165) is 34.7 Å². The van der Waals surface area contributed by atoms with Crippen LogP contribution in [0.2, 0.25) is 0 Å². The van der Waals surface area contributed by atoms with Crippen molar-refractivity contribution in [3.05, 3.63) is 50.6 Å². The molecule has 7 nitrogen and oxygen atoms in total. The molecule has 1 aromatic carbocycles. The summed E-state index contributed by atoms with van der Waals surface area (Å²) in [4.78, 5) is 40.5. The summed E-state index contributed by atoms with van der Waals surface area (Å²) in [6.07, 6.45) is 1.19. The number of piperazine rings is 1. The predicted molar refractivity (Wildman–Crippen MR) is 115 cm³/mol. The van der Waals surface area contributed by atoms with Gasteiger partial charge in [-0.25, -0.2) is 0 Å². The van der Waals surface area contributed by atoms with Crippen LogP contribution in [0.1, 0.15) is 24.6 Å². The molecule has 0 bridgehead atoms. The molecule has 156 valence electrons. The zero-order valence-electron chi connectivity index (χ0n) is 17.0. The molecule has 0 saturated carbocycles. The number of amides is 2. The molecule has 2 heterocycles. The van der Waals surface area contributed by atoms with Gasteiger partial charge in [0.1, 0.15) is 0 Å². The number of nitrogens with one attached hydrogen (secondary N) is 1. The van der Waals surface area contributed by atoms with Gasteiger partial charge in [-0.05, 0) is 25.0 Å². The van der Waals surface area contributed by atoms with Gasteiger partial charge in [0.15, 0.2) is 0 Å². The third-order valence-electron chi connectivity index (χ3n) is 5.29. The van der Waals surface area contributed by atoms with Gasteiger partial charge in [-0.15, -0.1) is 0 Å². The lowest BCUT2D eigenvalue weighted by Gasteiger charge is -2.34. The predicted octanol–water partition coefficient (Wildman–Crippen LogP) is 1.95. The van der Waals surface area contributed by atoms with Gasteiger partial charge in [-0.1, -0.05) is 36.5 Å². The molecule has 0 aliphatic carbocycles. The van der Waals surface area contributed by atoms with Crippen LogP contribution < -0.4 is 10.2 Å². The highest BCUT2D eigenvalue weighted by molar-refractivity contribution is 7.07. The van der Waals surface area contributed by atoms with Gasteiger partial charge in [-0.3, -0.25) is 19.3 Å². The van der Waals surface area contributed by atoms with Crippen LogP contribution in [-0.4, -0.2) is 58.9 Å². The molecule has 2 aromatic rings. The fourth-order valence-electron chi connectivity index (χ4n) is 3.54. The van der Waals surface area contributed by atoms with Crippen molar-refractivity contribution in [3.63, 3.8) is 0 Å². The summed E-state index contributed by atoms with van der Waals surface area (Å²) in [6, 6.07) is 7.84. The molecule has 0 unspecified atom stereocenters. The number of rotatable bonds is 7. The van der Waals surface area contributed by atoms with Gasteiger partial charge in [-0.2, -0.15) is 0 Å². The number of thiazole rings is 1. The number of carbonyl (C=O) groups excluding carboxylic acids is 2. The molecule has 1 saturated heterocycles. The molecule has 1 aliphatic rings. The average molecular weight is 417 g/mol. The molecular formula is C21H28N4O3S. The van der Waals surface area contributed by atoms with E-state index < -0.39 is 0 Å². The standard InChI is InChI=1S/C21H28N4O3S/c1-3-17-6-4-5-7-18(17)22-19(26)14-23-10-12-24(13-11-23)20(27)8-9-25-16(2)15-29-21(25)28/h4-7,15H,3,8-14H2,1-2H3,(H,22,26). The Morgan fingerprint density at radius 3 is 2.52 bits per heavy atom. The third kappa shape index (κ3) is 5.55. The van der Waals surface area contributed by atoms with Crippen molar-refractivity contribution in [3.8, 4) is 0 Å². The largest absolute Gasteiger partial charge is 0.340 e. The minimum atomic E-state index is -0.0296. The first-order valence-electron chi connectivity index (χ1n) is 10.0. The van der Waals surface area contributed by atoms with Crippen molar-refractivity contribution in [1.82, 2.24) is 14.4 Å². The Balaban J connectivity index is 1.43. The van der Waals surface area contributed by atoms with Crippen LogP contribution >= 0.6 is 11.3 Å². The van der Waals surface area contributed by atoms with Crippen LogP contribution in [0.5, 0.6) is 0 Å². The maximum atomic E-state index is 12.5. The smallest absolute Gasteiger partial charge is 0.307 e. The van der Waals surface area contributed by atoms with Crippen LogP contribution in [0.25, 0.3) is 0 Å². The Kier molecular flexibility index (Phi) is 7.22. The average Bonchev–Trinajstić information content (AvgIpc) is 3.04. The number of hydrogen-bond donors (Lipinski definition) is 1. The van der Waals surface area contributed by atoms with E-state index in [2.05, 4.69) is 17.1 Å². The summed E-state index contributed by atoms with van der Waals surface area (Å²) in [5.41, 5.74) is 2.89. The summed E-state index contributed by atoms with van der Waals surface area (Å²) in [7, 11) is 0. The molecule has 8 heteroatoms. The van der Waals surface area contributed by atoms with Crippen LogP contribution in [0.15, 0.2) is 34.4 Å². The molecule has 3 rings (SSSR count). The minimum Gasteiger partial charge on any atom is -0.340 e. The molecule has 2 amide bonds. The van der Waals surface area contributed by atoms with Gasteiger partial charge in [0.25, 0.3) is 0 Å². The number of aromatic nitrogens is 1. The first-order valence-corrected chi connectivity index (χ1v) is 10.9. The lowest BCUT2D eigenvalue weighted by Crippen LogP contribution is -2.50. The maximum absolute atomic E-state index is 12.5. The zero-order chi connectivity index (χ0) is 20.8. The molecule has 1 fully saturated rings. The van der Waals surface area contributed by atoms with E-state index >= 15 is 0 Å². The van der Waals surface area contributed by atoms with E-state index in [9.17, 15) is 14.4 Å². The van der Waals surface area contributed by atoms with Crippen molar-refractivity contribution < 1.29 is 9.59 Å². The molecule has 29 heavy (non-hydrogen) atoms. The van der Waals surface area contributed by atoms with E-state index in [1.165, 1.54) is 0 Å². The highest BCUT2D eigenvalue weighted by Gasteiger charge is 2.22. The van der Waals surface area contributed by atoms with E-state index in [-0.39, 0.29) is 16.7 Å². The van der Waals surface area contributed by atoms with Crippen LogP contribution in [0.3, 0.4) is 0 Å². The number of para-hydroxylation sites is 1. The highest BCUT2D eigenvalue weighted by atomic mass is 32.1. The number of benzene rings is 1. The maximum Gasteiger partial charge on any atom is 0.307 e. The van der Waals surface area contributed by atoms with Gasteiger partial charge in [0, 0.05) is 55.9 Å². The van der Waals surface area contributed by atoms with Crippen molar-refractivity contribution in [2.75, 3.05) is 38.0 Å². The van der Waals surface area contributed by atoms with Crippen molar-refractivity contribution in [2.45, 2.75) is 33.2 Å². The number of aryl methyl sites for hydroxylation is 2. The summed E-state index contributed by atoms with van der Waals surface area (Å²) in [6.45, 7) is 7.25.